The maximum Gasteiger partial charge on any atom is 0.392 e. The Bertz CT molecular complexity index is 182. The Labute approximate surface area is 68.3 Å². The molecule has 0 radical (unpaired) electrons. The molecule has 0 bridgehead atoms. The topological polar surface area (TPSA) is 0 Å². The molecule has 2 atom stereocenters. The molecule has 0 aromatic carbocycles. The van der Waals surface area contributed by atoms with E-state index in [1.54, 1.807) is 0 Å². The molecule has 4 heteroatoms. The third kappa shape index (κ3) is 1.99. The van der Waals surface area contributed by atoms with Crippen LogP contribution in [0.3, 0.4) is 0 Å². The summed E-state index contributed by atoms with van der Waals surface area (Å²) in [5, 5.41) is 0. The van der Waals surface area contributed by atoms with Gasteiger partial charge in [0.2, 0.25) is 0 Å². The summed E-state index contributed by atoms with van der Waals surface area (Å²) in [7, 11) is 0. The van der Waals surface area contributed by atoms with Crippen molar-refractivity contribution in [3.05, 3.63) is 12.2 Å². The normalized spacial score (nSPS) is 32.2. The number of hydrogen-bond acceptors (Lipinski definition) is 0. The number of hydrogen-bond donors (Lipinski definition) is 0. The van der Waals surface area contributed by atoms with Crippen LogP contribution < -0.4 is 0 Å². The molecule has 0 spiro atoms. The van der Waals surface area contributed by atoms with Crippen LogP contribution >= 0.6 is 0 Å². The lowest BCUT2D eigenvalue weighted by Gasteiger charge is -2.27. The zero-order valence-corrected chi connectivity index (χ0v) is 6.49. The van der Waals surface area contributed by atoms with E-state index in [9.17, 15) is 17.6 Å². The van der Waals surface area contributed by atoms with Crippen molar-refractivity contribution in [3.8, 4) is 0 Å². The number of halogens is 4. The van der Waals surface area contributed by atoms with Gasteiger partial charge >= 0.3 is 6.18 Å². The predicted molar refractivity (Wildman–Crippen MR) is 37.4 cm³/mol. The summed E-state index contributed by atoms with van der Waals surface area (Å²) in [4.78, 5) is 0. The highest BCUT2D eigenvalue weighted by Gasteiger charge is 2.42. The Balaban J connectivity index is 2.57. The Hall–Kier alpha value is -0.540. The smallest absolute Gasteiger partial charge is 0.243 e. The average Bonchev–Trinajstić information content (AvgIpc) is 1.92. The molecule has 1 aliphatic carbocycles. The fourth-order valence-electron chi connectivity index (χ4n) is 1.38. The van der Waals surface area contributed by atoms with E-state index in [0.29, 0.717) is 0 Å². The molecule has 12 heavy (non-hydrogen) atoms. The Kier molecular flexibility index (Phi) is 2.44. The largest absolute Gasteiger partial charge is 0.392 e. The Morgan fingerprint density at radius 3 is 2.25 bits per heavy atom. The molecule has 0 nitrogen and oxygen atoms in total. The van der Waals surface area contributed by atoms with Crippen LogP contribution in [0.5, 0.6) is 0 Å². The molecule has 1 fully saturated rings. The molecule has 1 rings (SSSR count). The molecular weight excluding hydrogens is 172 g/mol. The van der Waals surface area contributed by atoms with Gasteiger partial charge in [0.15, 0.2) is 0 Å². The molecule has 1 aliphatic rings. The van der Waals surface area contributed by atoms with Gasteiger partial charge in [-0.1, -0.05) is 6.58 Å². The van der Waals surface area contributed by atoms with Crippen molar-refractivity contribution in [1.82, 2.24) is 0 Å². The van der Waals surface area contributed by atoms with E-state index in [4.69, 9.17) is 0 Å². The molecule has 70 valence electrons. The van der Waals surface area contributed by atoms with Crippen LogP contribution in [0.2, 0.25) is 0 Å². The van der Waals surface area contributed by atoms with Crippen LogP contribution in [0.4, 0.5) is 17.6 Å². The van der Waals surface area contributed by atoms with Gasteiger partial charge in [-0.2, -0.15) is 13.2 Å². The first-order valence-corrected chi connectivity index (χ1v) is 3.79. The molecule has 0 saturated heterocycles. The van der Waals surface area contributed by atoms with Crippen molar-refractivity contribution in [1.29, 1.82) is 0 Å². The highest BCUT2D eigenvalue weighted by atomic mass is 19.4. The zero-order chi connectivity index (χ0) is 9.35. The van der Waals surface area contributed by atoms with Gasteiger partial charge in [0, 0.05) is 0 Å². The number of rotatable bonds is 0. The van der Waals surface area contributed by atoms with Gasteiger partial charge in [-0.3, -0.25) is 0 Å². The molecule has 0 heterocycles. The number of alkyl halides is 4. The lowest BCUT2D eigenvalue weighted by molar-refractivity contribution is -0.179. The molecule has 2 unspecified atom stereocenters. The van der Waals surface area contributed by atoms with Crippen LogP contribution in [0.25, 0.3) is 0 Å². The Morgan fingerprint density at radius 2 is 1.83 bits per heavy atom. The molecule has 0 N–H and O–H groups in total. The van der Waals surface area contributed by atoms with Crippen molar-refractivity contribution in [2.75, 3.05) is 0 Å². The summed E-state index contributed by atoms with van der Waals surface area (Å²) in [6.45, 7) is 3.28. The van der Waals surface area contributed by atoms with Crippen LogP contribution in [-0.4, -0.2) is 12.3 Å². The summed E-state index contributed by atoms with van der Waals surface area (Å²) in [5.41, 5.74) is 0.0866. The molecule has 0 amide bonds. The first-order chi connectivity index (χ1) is 5.41. The second-order valence-electron chi connectivity index (χ2n) is 3.15. The SMILES string of the molecule is C=C1CC(C(F)(F)F)CCC1F. The summed E-state index contributed by atoms with van der Waals surface area (Å²) in [6.07, 6.45) is -5.82. The third-order valence-corrected chi connectivity index (χ3v) is 2.18. The highest BCUT2D eigenvalue weighted by molar-refractivity contribution is 5.07. The third-order valence-electron chi connectivity index (χ3n) is 2.18. The second kappa shape index (κ2) is 3.07. The van der Waals surface area contributed by atoms with Gasteiger partial charge in [-0.15, -0.1) is 0 Å². The van der Waals surface area contributed by atoms with E-state index >= 15 is 0 Å². The fraction of sp³-hybridized carbons (Fsp3) is 0.750. The summed E-state index contributed by atoms with van der Waals surface area (Å²) in [5.74, 6) is -1.38. The highest BCUT2D eigenvalue weighted by Crippen LogP contribution is 2.39. The van der Waals surface area contributed by atoms with Crippen LogP contribution in [-0.2, 0) is 0 Å². The van der Waals surface area contributed by atoms with Gasteiger partial charge in [0.1, 0.15) is 6.17 Å². The second-order valence-corrected chi connectivity index (χ2v) is 3.15. The average molecular weight is 182 g/mol. The van der Waals surface area contributed by atoms with Crippen molar-refractivity contribution < 1.29 is 17.6 Å². The maximum atomic E-state index is 12.7. The predicted octanol–water partition coefficient (Wildman–Crippen LogP) is 3.24. The lowest BCUT2D eigenvalue weighted by Crippen LogP contribution is -2.29. The van der Waals surface area contributed by atoms with Crippen LogP contribution in [0.15, 0.2) is 12.2 Å². The van der Waals surface area contributed by atoms with Gasteiger partial charge in [0.05, 0.1) is 5.92 Å². The summed E-state index contributed by atoms with van der Waals surface area (Å²) < 4.78 is 48.9. The first kappa shape index (κ1) is 9.55. The summed E-state index contributed by atoms with van der Waals surface area (Å²) in [6, 6.07) is 0. The van der Waals surface area contributed by atoms with Crippen LogP contribution in [0, 0.1) is 5.92 Å². The molecule has 1 saturated carbocycles. The van der Waals surface area contributed by atoms with Gasteiger partial charge < -0.3 is 0 Å². The van der Waals surface area contributed by atoms with Crippen molar-refractivity contribution in [2.24, 2.45) is 5.92 Å². The maximum absolute atomic E-state index is 12.7. The van der Waals surface area contributed by atoms with Gasteiger partial charge in [-0.25, -0.2) is 4.39 Å². The quantitative estimate of drug-likeness (QED) is 0.398. The molecular formula is C8H10F4. The molecule has 0 aromatic heterocycles. The monoisotopic (exact) mass is 182 g/mol. The fourth-order valence-corrected chi connectivity index (χ4v) is 1.38. The van der Waals surface area contributed by atoms with E-state index in [1.165, 1.54) is 0 Å². The standard InChI is InChI=1S/C8H10F4/c1-5-4-6(8(10,11)12)2-3-7(5)9/h6-7H,1-4H2. The van der Waals surface area contributed by atoms with Crippen molar-refractivity contribution in [3.63, 3.8) is 0 Å². The minimum atomic E-state index is -4.19. The van der Waals surface area contributed by atoms with E-state index in [-0.39, 0.29) is 24.8 Å². The minimum absolute atomic E-state index is 0.0387. The van der Waals surface area contributed by atoms with Gasteiger partial charge in [-0.05, 0) is 24.8 Å². The minimum Gasteiger partial charge on any atom is -0.243 e. The first-order valence-electron chi connectivity index (χ1n) is 3.79. The Morgan fingerprint density at radius 1 is 1.25 bits per heavy atom. The summed E-state index contributed by atoms with van der Waals surface area (Å²) >= 11 is 0. The lowest BCUT2D eigenvalue weighted by atomic mass is 9.85. The van der Waals surface area contributed by atoms with E-state index in [0.717, 1.165) is 0 Å². The van der Waals surface area contributed by atoms with Gasteiger partial charge in [0.25, 0.3) is 0 Å². The van der Waals surface area contributed by atoms with E-state index in [1.807, 2.05) is 0 Å². The number of allylic oxidation sites excluding steroid dienone is 1. The molecule has 0 aromatic rings. The van der Waals surface area contributed by atoms with E-state index in [2.05, 4.69) is 6.58 Å². The van der Waals surface area contributed by atoms with Crippen LogP contribution in [0.1, 0.15) is 19.3 Å². The van der Waals surface area contributed by atoms with Crippen molar-refractivity contribution in [2.45, 2.75) is 31.6 Å². The molecule has 0 aliphatic heterocycles. The van der Waals surface area contributed by atoms with E-state index < -0.39 is 18.3 Å². The zero-order valence-electron chi connectivity index (χ0n) is 6.49. The van der Waals surface area contributed by atoms with Crippen molar-refractivity contribution >= 4 is 0 Å².